The molecule has 20 heavy (non-hydrogen) atoms. The minimum atomic E-state index is -0.931. The van der Waals surface area contributed by atoms with E-state index in [0.717, 1.165) is 5.69 Å². The molecule has 1 atom stereocenters. The molecular formula is C15H22N2O3. The Morgan fingerprint density at radius 1 is 1.25 bits per heavy atom. The van der Waals surface area contributed by atoms with Gasteiger partial charge in [0, 0.05) is 31.9 Å². The number of rotatable bonds is 6. The summed E-state index contributed by atoms with van der Waals surface area (Å²) >= 11 is 0. The van der Waals surface area contributed by atoms with Gasteiger partial charge in [-0.1, -0.05) is 6.92 Å². The molecule has 0 bridgehead atoms. The van der Waals surface area contributed by atoms with Crippen molar-refractivity contribution < 1.29 is 14.7 Å². The van der Waals surface area contributed by atoms with Crippen molar-refractivity contribution in [3.05, 3.63) is 29.8 Å². The van der Waals surface area contributed by atoms with E-state index >= 15 is 0 Å². The molecule has 2 N–H and O–H groups in total. The third kappa shape index (κ3) is 3.73. The number of hydrogen-bond acceptors (Lipinski definition) is 3. The van der Waals surface area contributed by atoms with Gasteiger partial charge in [0.1, 0.15) is 0 Å². The lowest BCUT2D eigenvalue weighted by Gasteiger charge is -2.23. The van der Waals surface area contributed by atoms with E-state index in [0.29, 0.717) is 12.0 Å². The molecule has 0 saturated carbocycles. The van der Waals surface area contributed by atoms with E-state index in [4.69, 9.17) is 5.11 Å². The Bertz CT molecular complexity index is 482. The van der Waals surface area contributed by atoms with Crippen LogP contribution in [0.5, 0.6) is 0 Å². The van der Waals surface area contributed by atoms with E-state index in [1.165, 1.54) is 0 Å². The zero-order chi connectivity index (χ0) is 15.3. The Morgan fingerprint density at radius 2 is 1.80 bits per heavy atom. The molecule has 1 unspecified atom stereocenters. The molecule has 0 heterocycles. The first kappa shape index (κ1) is 16.0. The summed E-state index contributed by atoms with van der Waals surface area (Å²) < 4.78 is 0. The lowest BCUT2D eigenvalue weighted by Crippen LogP contribution is -2.40. The van der Waals surface area contributed by atoms with Crippen LogP contribution in [0.15, 0.2) is 24.3 Å². The number of carbonyl (C=O) groups is 2. The zero-order valence-electron chi connectivity index (χ0n) is 12.4. The highest BCUT2D eigenvalue weighted by Crippen LogP contribution is 2.20. The molecule has 0 spiro atoms. The van der Waals surface area contributed by atoms with Crippen LogP contribution < -0.4 is 10.2 Å². The summed E-state index contributed by atoms with van der Waals surface area (Å²) in [6.07, 6.45) is 0.460. The fourth-order valence-corrected chi connectivity index (χ4v) is 1.64. The molecule has 0 saturated heterocycles. The second kappa shape index (κ2) is 6.41. The van der Waals surface area contributed by atoms with Gasteiger partial charge in [-0.25, -0.2) is 0 Å². The van der Waals surface area contributed by atoms with Crippen molar-refractivity contribution in [2.45, 2.75) is 20.3 Å². The van der Waals surface area contributed by atoms with Gasteiger partial charge in [0.15, 0.2) is 0 Å². The molecule has 0 fully saturated rings. The van der Waals surface area contributed by atoms with Gasteiger partial charge in [0.05, 0.1) is 5.41 Å². The van der Waals surface area contributed by atoms with Crippen LogP contribution in [0, 0.1) is 5.41 Å². The molecular weight excluding hydrogens is 256 g/mol. The number of nitrogens with zero attached hydrogens (tertiary/aromatic N) is 1. The average molecular weight is 278 g/mol. The van der Waals surface area contributed by atoms with Gasteiger partial charge in [-0.3, -0.25) is 9.59 Å². The molecule has 1 amide bonds. The summed E-state index contributed by atoms with van der Waals surface area (Å²) in [4.78, 5) is 25.1. The van der Waals surface area contributed by atoms with Gasteiger partial charge < -0.3 is 15.3 Å². The second-order valence-electron chi connectivity index (χ2n) is 5.34. The Balaban J connectivity index is 2.70. The van der Waals surface area contributed by atoms with Crippen LogP contribution in [-0.2, 0) is 4.79 Å². The van der Waals surface area contributed by atoms with Crippen LogP contribution in [-0.4, -0.2) is 37.6 Å². The van der Waals surface area contributed by atoms with Crippen molar-refractivity contribution >= 4 is 17.6 Å². The number of carboxylic acid groups (broad SMARTS) is 1. The lowest BCUT2D eigenvalue weighted by atomic mass is 9.87. The molecule has 0 radical (unpaired) electrons. The minimum Gasteiger partial charge on any atom is -0.481 e. The predicted molar refractivity (Wildman–Crippen MR) is 79.1 cm³/mol. The molecule has 1 rings (SSSR count). The van der Waals surface area contributed by atoms with Gasteiger partial charge in [-0.05, 0) is 37.6 Å². The van der Waals surface area contributed by atoms with Crippen molar-refractivity contribution in [3.63, 3.8) is 0 Å². The molecule has 110 valence electrons. The smallest absolute Gasteiger partial charge is 0.311 e. The van der Waals surface area contributed by atoms with Gasteiger partial charge in [-0.15, -0.1) is 0 Å². The van der Waals surface area contributed by atoms with Crippen LogP contribution in [0.1, 0.15) is 30.6 Å². The largest absolute Gasteiger partial charge is 0.481 e. The lowest BCUT2D eigenvalue weighted by molar-refractivity contribution is -0.147. The summed E-state index contributed by atoms with van der Waals surface area (Å²) in [7, 11) is 3.85. The average Bonchev–Trinajstić information content (AvgIpc) is 2.44. The second-order valence-corrected chi connectivity index (χ2v) is 5.34. The molecule has 1 aromatic rings. The zero-order valence-corrected chi connectivity index (χ0v) is 12.4. The SMILES string of the molecule is CCC(C)(CNC(=O)c1ccc(N(C)C)cc1)C(=O)O. The van der Waals surface area contributed by atoms with Crippen LogP contribution in [0.3, 0.4) is 0 Å². The van der Waals surface area contributed by atoms with E-state index in [-0.39, 0.29) is 12.5 Å². The Kier molecular flexibility index (Phi) is 5.13. The maximum absolute atomic E-state index is 12.0. The standard InChI is InChI=1S/C15H22N2O3/c1-5-15(2,14(19)20)10-16-13(18)11-6-8-12(9-7-11)17(3)4/h6-9H,5,10H2,1-4H3,(H,16,18)(H,19,20). The van der Waals surface area contributed by atoms with Crippen molar-refractivity contribution in [1.82, 2.24) is 5.32 Å². The number of carbonyl (C=O) groups excluding carboxylic acids is 1. The first-order valence-corrected chi connectivity index (χ1v) is 6.59. The third-order valence-electron chi connectivity index (χ3n) is 3.58. The molecule has 1 aromatic carbocycles. The Labute approximate surface area is 119 Å². The number of nitrogens with one attached hydrogen (secondary N) is 1. The maximum Gasteiger partial charge on any atom is 0.311 e. The highest BCUT2D eigenvalue weighted by molar-refractivity contribution is 5.94. The van der Waals surface area contributed by atoms with Crippen LogP contribution in [0.4, 0.5) is 5.69 Å². The van der Waals surface area contributed by atoms with Crippen LogP contribution in [0.2, 0.25) is 0 Å². The number of anilines is 1. The van der Waals surface area contributed by atoms with Gasteiger partial charge in [0.25, 0.3) is 5.91 Å². The molecule has 0 aromatic heterocycles. The number of amides is 1. The van der Waals surface area contributed by atoms with Crippen molar-refractivity contribution in [1.29, 1.82) is 0 Å². The number of hydrogen-bond donors (Lipinski definition) is 2. The molecule has 0 aliphatic rings. The van der Waals surface area contributed by atoms with Gasteiger partial charge in [-0.2, -0.15) is 0 Å². The predicted octanol–water partition coefficient (Wildman–Crippen LogP) is 1.98. The van der Waals surface area contributed by atoms with E-state index < -0.39 is 11.4 Å². The first-order valence-electron chi connectivity index (χ1n) is 6.59. The maximum atomic E-state index is 12.0. The molecule has 0 aliphatic heterocycles. The summed E-state index contributed by atoms with van der Waals surface area (Å²) in [6, 6.07) is 7.17. The minimum absolute atomic E-state index is 0.118. The Hall–Kier alpha value is -2.04. The summed E-state index contributed by atoms with van der Waals surface area (Å²) in [6.45, 7) is 3.55. The van der Waals surface area contributed by atoms with Crippen LogP contribution in [0.25, 0.3) is 0 Å². The highest BCUT2D eigenvalue weighted by Gasteiger charge is 2.31. The highest BCUT2D eigenvalue weighted by atomic mass is 16.4. The number of aliphatic carboxylic acids is 1. The number of carboxylic acids is 1. The molecule has 0 aliphatic carbocycles. The fraction of sp³-hybridized carbons (Fsp3) is 0.467. The summed E-state index contributed by atoms with van der Waals surface area (Å²) in [5.41, 5.74) is 0.601. The van der Waals surface area contributed by atoms with E-state index in [9.17, 15) is 9.59 Å². The first-order chi connectivity index (χ1) is 9.30. The Morgan fingerprint density at radius 3 is 2.20 bits per heavy atom. The van der Waals surface area contributed by atoms with Crippen molar-refractivity contribution in [2.75, 3.05) is 25.5 Å². The van der Waals surface area contributed by atoms with Crippen molar-refractivity contribution in [3.8, 4) is 0 Å². The summed E-state index contributed by atoms with van der Waals surface area (Å²) in [5.74, 6) is -1.15. The third-order valence-corrected chi connectivity index (χ3v) is 3.58. The topological polar surface area (TPSA) is 69.6 Å². The summed E-state index contributed by atoms with van der Waals surface area (Å²) in [5, 5.41) is 11.8. The molecule has 5 heteroatoms. The quantitative estimate of drug-likeness (QED) is 0.835. The van der Waals surface area contributed by atoms with E-state index in [2.05, 4.69) is 5.32 Å². The van der Waals surface area contributed by atoms with E-state index in [1.807, 2.05) is 31.1 Å². The molecule has 5 nitrogen and oxygen atoms in total. The normalized spacial score (nSPS) is 13.4. The monoisotopic (exact) mass is 278 g/mol. The van der Waals surface area contributed by atoms with Crippen molar-refractivity contribution in [2.24, 2.45) is 5.41 Å². The van der Waals surface area contributed by atoms with Crippen LogP contribution >= 0.6 is 0 Å². The van der Waals surface area contributed by atoms with Gasteiger partial charge >= 0.3 is 5.97 Å². The van der Waals surface area contributed by atoms with E-state index in [1.54, 1.807) is 26.0 Å². The fourth-order valence-electron chi connectivity index (χ4n) is 1.64. The number of benzene rings is 1. The van der Waals surface area contributed by atoms with Gasteiger partial charge in [0.2, 0.25) is 0 Å².